The molecule has 0 aromatic carbocycles. The molecule has 0 heterocycles. The van der Waals surface area contributed by atoms with Gasteiger partial charge in [0.05, 0.1) is 18.9 Å². The second-order valence-corrected chi connectivity index (χ2v) is 8.13. The van der Waals surface area contributed by atoms with Crippen LogP contribution in [0.3, 0.4) is 0 Å². The minimum absolute atomic E-state index is 0.0350. The summed E-state index contributed by atoms with van der Waals surface area (Å²) in [6.45, 7) is 0.398. The van der Waals surface area contributed by atoms with Gasteiger partial charge in [-0.05, 0) is 38.6 Å². The van der Waals surface area contributed by atoms with Crippen LogP contribution in [0.5, 0.6) is 0 Å². The molecule has 15 N–H and O–H groups in total. The summed E-state index contributed by atoms with van der Waals surface area (Å²) in [5.74, 6) is -6.76. The minimum Gasteiger partial charge on any atom is -0.481 e. The first-order valence-electron chi connectivity index (χ1n) is 11.4. The van der Waals surface area contributed by atoms with Crippen molar-refractivity contribution >= 4 is 41.5 Å². The molecule has 0 saturated heterocycles. The van der Waals surface area contributed by atoms with E-state index in [4.69, 9.17) is 28.7 Å². The van der Waals surface area contributed by atoms with E-state index in [1.54, 1.807) is 0 Å². The van der Waals surface area contributed by atoms with Crippen molar-refractivity contribution in [1.29, 1.82) is 0 Å². The van der Waals surface area contributed by atoms with E-state index >= 15 is 0 Å². The average Bonchev–Trinajstić information content (AvgIpc) is 2.78. The molecule has 0 fully saturated rings. The zero-order valence-corrected chi connectivity index (χ0v) is 20.4. The van der Waals surface area contributed by atoms with E-state index in [1.807, 2.05) is 0 Å². The molecule has 0 aliphatic rings. The predicted molar refractivity (Wildman–Crippen MR) is 130 cm³/mol. The average molecular weight is 532 g/mol. The Morgan fingerprint density at radius 1 is 0.730 bits per heavy atom. The molecular weight excluding hydrogens is 494 g/mol. The lowest BCUT2D eigenvalue weighted by atomic mass is 10.1. The van der Waals surface area contributed by atoms with E-state index < -0.39 is 72.6 Å². The minimum atomic E-state index is -1.67. The third-order valence-corrected chi connectivity index (χ3v) is 4.91. The van der Waals surface area contributed by atoms with Gasteiger partial charge < -0.3 is 54.8 Å². The van der Waals surface area contributed by atoms with Gasteiger partial charge in [0.2, 0.25) is 23.6 Å². The first kappa shape index (κ1) is 33.0. The molecule has 17 nitrogen and oxygen atoms in total. The van der Waals surface area contributed by atoms with E-state index in [2.05, 4.69) is 20.9 Å². The van der Waals surface area contributed by atoms with Crippen LogP contribution in [-0.4, -0.2) is 89.0 Å². The van der Waals surface area contributed by atoms with Crippen molar-refractivity contribution in [2.45, 2.75) is 69.1 Å². The Bertz CT molecular complexity index is 848. The number of nitrogens with two attached hydrogens (primary N) is 5. The van der Waals surface area contributed by atoms with Crippen molar-refractivity contribution < 1.29 is 39.0 Å². The predicted octanol–water partition coefficient (Wildman–Crippen LogP) is -4.61. The number of carboxylic acid groups (broad SMARTS) is 2. The molecule has 0 spiro atoms. The Hall–Kier alpha value is -3.99. The fourth-order valence-electron chi connectivity index (χ4n) is 3.04. The zero-order chi connectivity index (χ0) is 28.5. The van der Waals surface area contributed by atoms with E-state index in [0.29, 0.717) is 19.4 Å². The van der Waals surface area contributed by atoms with Crippen LogP contribution in [0.15, 0.2) is 4.99 Å². The molecular formula is C20H37N9O8. The second-order valence-electron chi connectivity index (χ2n) is 8.13. The molecule has 4 atom stereocenters. The number of carbonyl (C=O) groups excluding carboxylic acids is 4. The van der Waals surface area contributed by atoms with Gasteiger partial charge in [0.15, 0.2) is 5.96 Å². The van der Waals surface area contributed by atoms with Crippen LogP contribution in [0.4, 0.5) is 0 Å². The van der Waals surface area contributed by atoms with Crippen LogP contribution in [0.1, 0.15) is 44.9 Å². The highest BCUT2D eigenvalue weighted by Crippen LogP contribution is 2.05. The topological polar surface area (TPSA) is 321 Å². The number of hydrogen-bond acceptors (Lipinski definition) is 9. The maximum atomic E-state index is 12.9. The van der Waals surface area contributed by atoms with Gasteiger partial charge in [0.1, 0.15) is 18.1 Å². The Balaban J connectivity index is 5.61. The van der Waals surface area contributed by atoms with Gasteiger partial charge in [-0.2, -0.15) is 0 Å². The number of carbonyl (C=O) groups is 6. The van der Waals surface area contributed by atoms with Crippen LogP contribution < -0.4 is 44.6 Å². The third-order valence-electron chi connectivity index (χ3n) is 4.91. The van der Waals surface area contributed by atoms with Crippen LogP contribution >= 0.6 is 0 Å². The number of rotatable bonds is 19. The number of primary amides is 1. The lowest BCUT2D eigenvalue weighted by Gasteiger charge is -2.24. The Labute approximate surface area is 212 Å². The summed E-state index contributed by atoms with van der Waals surface area (Å²) in [6, 6.07) is -5.70. The Morgan fingerprint density at radius 2 is 1.27 bits per heavy atom. The quantitative estimate of drug-likeness (QED) is 0.0427. The number of hydrogen-bond donors (Lipinski definition) is 10. The van der Waals surface area contributed by atoms with Gasteiger partial charge in [-0.3, -0.25) is 29.0 Å². The summed E-state index contributed by atoms with van der Waals surface area (Å²) >= 11 is 0. The van der Waals surface area contributed by atoms with Crippen molar-refractivity contribution in [1.82, 2.24) is 16.0 Å². The lowest BCUT2D eigenvalue weighted by Crippen LogP contribution is -2.57. The molecule has 210 valence electrons. The maximum Gasteiger partial charge on any atom is 0.326 e. The zero-order valence-electron chi connectivity index (χ0n) is 20.4. The molecule has 37 heavy (non-hydrogen) atoms. The van der Waals surface area contributed by atoms with E-state index in [9.17, 15) is 39.0 Å². The standard InChI is InChI=1S/C20H37N9O8/c21-6-2-1-4-12(19(36)37)28-18(35)13(9-15(31)32)29-17(34)11(5-3-7-26-20(24)25)27-16(33)10(22)8-14(23)30/h10-13H,1-9,21-22H2,(H2,23,30)(H,27,33)(H,28,35)(H,29,34)(H,31,32)(H,36,37)(H4,24,25,26). The third kappa shape index (κ3) is 14.9. The normalized spacial score (nSPS) is 13.8. The molecule has 0 aromatic rings. The fourth-order valence-corrected chi connectivity index (χ4v) is 3.04. The monoisotopic (exact) mass is 531 g/mol. The first-order chi connectivity index (χ1) is 17.3. The molecule has 0 bridgehead atoms. The maximum absolute atomic E-state index is 12.9. The van der Waals surface area contributed by atoms with E-state index in [1.165, 1.54) is 0 Å². The summed E-state index contributed by atoms with van der Waals surface area (Å²) < 4.78 is 0. The number of unbranched alkanes of at least 4 members (excludes halogenated alkanes) is 1. The molecule has 0 aromatic heterocycles. The molecule has 0 saturated carbocycles. The van der Waals surface area contributed by atoms with Gasteiger partial charge in [-0.25, -0.2) is 4.79 Å². The van der Waals surface area contributed by atoms with Crippen LogP contribution in [0.2, 0.25) is 0 Å². The number of aliphatic carboxylic acids is 2. The van der Waals surface area contributed by atoms with Gasteiger partial charge in [0.25, 0.3) is 0 Å². The molecule has 4 amide bonds. The highest BCUT2D eigenvalue weighted by atomic mass is 16.4. The summed E-state index contributed by atoms with van der Waals surface area (Å²) in [5, 5.41) is 25.3. The van der Waals surface area contributed by atoms with Gasteiger partial charge in [0, 0.05) is 6.54 Å². The molecule has 0 radical (unpaired) electrons. The van der Waals surface area contributed by atoms with Gasteiger partial charge >= 0.3 is 11.9 Å². The second kappa shape index (κ2) is 17.4. The number of aliphatic imine (C=N–C) groups is 1. The molecule has 0 aliphatic heterocycles. The SMILES string of the molecule is NCCCCC(NC(=O)C(CC(=O)O)NC(=O)C(CCCN=C(N)N)NC(=O)C(N)CC(N)=O)C(=O)O. The Kier molecular flexibility index (Phi) is 15.6. The number of amides is 4. The van der Waals surface area contributed by atoms with Crippen LogP contribution in [0.25, 0.3) is 0 Å². The van der Waals surface area contributed by atoms with Crippen molar-refractivity contribution in [3.8, 4) is 0 Å². The van der Waals surface area contributed by atoms with Gasteiger partial charge in [-0.15, -0.1) is 0 Å². The van der Waals surface area contributed by atoms with Gasteiger partial charge in [-0.1, -0.05) is 0 Å². The fraction of sp³-hybridized carbons (Fsp3) is 0.650. The largest absolute Gasteiger partial charge is 0.481 e. The van der Waals surface area contributed by atoms with Crippen molar-refractivity contribution in [3.05, 3.63) is 0 Å². The highest BCUT2D eigenvalue weighted by Gasteiger charge is 2.31. The lowest BCUT2D eigenvalue weighted by molar-refractivity contribution is -0.143. The summed E-state index contributed by atoms with van der Waals surface area (Å²) in [7, 11) is 0. The summed E-state index contributed by atoms with van der Waals surface area (Å²) in [6.07, 6.45) is -0.322. The number of nitrogens with zero attached hydrogens (tertiary/aromatic N) is 1. The molecule has 0 aliphatic carbocycles. The summed E-state index contributed by atoms with van der Waals surface area (Å²) in [5.41, 5.74) is 26.5. The van der Waals surface area contributed by atoms with E-state index in [-0.39, 0.29) is 31.8 Å². The number of carboxylic acids is 2. The number of guanidine groups is 1. The first-order valence-corrected chi connectivity index (χ1v) is 11.4. The molecule has 17 heteroatoms. The van der Waals surface area contributed by atoms with E-state index in [0.717, 1.165) is 0 Å². The van der Waals surface area contributed by atoms with Crippen molar-refractivity contribution in [3.63, 3.8) is 0 Å². The molecule has 4 unspecified atom stereocenters. The van der Waals surface area contributed by atoms with Crippen molar-refractivity contribution in [2.75, 3.05) is 13.1 Å². The Morgan fingerprint density at radius 3 is 1.78 bits per heavy atom. The van der Waals surface area contributed by atoms with Crippen LogP contribution in [-0.2, 0) is 28.8 Å². The van der Waals surface area contributed by atoms with Crippen molar-refractivity contribution in [2.24, 2.45) is 33.7 Å². The summed E-state index contributed by atoms with van der Waals surface area (Å²) in [4.78, 5) is 75.6. The molecule has 0 rings (SSSR count). The highest BCUT2D eigenvalue weighted by molar-refractivity contribution is 5.96. The smallest absolute Gasteiger partial charge is 0.326 e. The number of nitrogens with one attached hydrogen (secondary N) is 3. The van der Waals surface area contributed by atoms with Crippen LogP contribution in [0, 0.1) is 0 Å².